The topological polar surface area (TPSA) is 187 Å². The summed E-state index contributed by atoms with van der Waals surface area (Å²) in [7, 11) is -5.94. The number of piperazine rings is 1. The molecule has 15 nitrogen and oxygen atoms in total. The monoisotopic (exact) mass is 603 g/mol. The van der Waals surface area contributed by atoms with E-state index in [2.05, 4.69) is 19.9 Å². The minimum Gasteiger partial charge on any atom is -0.372 e. The summed E-state index contributed by atoms with van der Waals surface area (Å²) < 4.78 is 53.3. The molecular weight excluding hydrogens is 574 g/mol. The number of nitrogens with zero attached hydrogens (tertiary/aromatic N) is 8. The fraction of sp³-hybridized carbons (Fsp3) is 0.375. The highest BCUT2D eigenvalue weighted by Gasteiger charge is 2.26. The molecule has 0 spiro atoms. The molecule has 0 radical (unpaired) electrons. The molecule has 0 bridgehead atoms. The molecule has 218 valence electrons. The van der Waals surface area contributed by atoms with E-state index in [4.69, 9.17) is 0 Å². The standard InChI is InChI=1S/C24H29N9O6S2/c1-18(21-17-26-32-7-6-19(16-25)14-23(21)32)27-28-41(38,39)24-15-20(33(34)35)4-5-22(24)29(2)8-9-30-10-12-31(13-11-30)40(3,36)37/h4-7,14-15,17,28H,8-13H2,1-3H3/b27-18-. The molecule has 1 saturated heterocycles. The molecule has 0 atom stereocenters. The van der Waals surface area contributed by atoms with Crippen molar-refractivity contribution < 1.29 is 21.8 Å². The third-order valence-corrected chi connectivity index (χ3v) is 9.32. The predicted octanol–water partition coefficient (Wildman–Crippen LogP) is 0.830. The summed E-state index contributed by atoms with van der Waals surface area (Å²) in [6.45, 7) is 4.27. The van der Waals surface area contributed by atoms with Crippen LogP contribution >= 0.6 is 0 Å². The molecule has 3 heterocycles. The number of likely N-dealkylation sites (N-methyl/N-ethyl adjacent to an activating group) is 1. The Balaban J connectivity index is 1.55. The summed E-state index contributed by atoms with van der Waals surface area (Å²) in [5.74, 6) is 0. The number of nitro groups is 1. The Morgan fingerprint density at radius 3 is 2.54 bits per heavy atom. The minimum absolute atomic E-state index is 0.236. The van der Waals surface area contributed by atoms with Gasteiger partial charge in [0.2, 0.25) is 10.0 Å². The lowest BCUT2D eigenvalue weighted by Gasteiger charge is -2.34. The second-order valence-corrected chi connectivity index (χ2v) is 13.2. The zero-order valence-electron chi connectivity index (χ0n) is 22.6. The molecule has 0 amide bonds. The Kier molecular flexibility index (Phi) is 8.58. The molecule has 1 aromatic carbocycles. The highest BCUT2D eigenvalue weighted by Crippen LogP contribution is 2.29. The van der Waals surface area contributed by atoms with Crippen molar-refractivity contribution in [1.82, 2.24) is 23.7 Å². The van der Waals surface area contributed by atoms with Gasteiger partial charge in [0.05, 0.1) is 45.9 Å². The van der Waals surface area contributed by atoms with Crippen LogP contribution in [0.3, 0.4) is 0 Å². The quantitative estimate of drug-likeness (QED) is 0.198. The predicted molar refractivity (Wildman–Crippen MR) is 152 cm³/mol. The summed E-state index contributed by atoms with van der Waals surface area (Å²) in [6, 6.07) is 8.83. The van der Waals surface area contributed by atoms with Crippen molar-refractivity contribution in [2.45, 2.75) is 11.8 Å². The molecule has 17 heteroatoms. The van der Waals surface area contributed by atoms with Gasteiger partial charge < -0.3 is 4.90 Å². The first kappa shape index (κ1) is 29.9. The lowest BCUT2D eigenvalue weighted by Crippen LogP contribution is -2.49. The van der Waals surface area contributed by atoms with E-state index in [-0.39, 0.29) is 16.3 Å². The van der Waals surface area contributed by atoms with E-state index in [1.54, 1.807) is 37.2 Å². The zero-order valence-corrected chi connectivity index (χ0v) is 24.3. The Hall–Kier alpha value is -4.11. The largest absolute Gasteiger partial charge is 0.372 e. The average molecular weight is 604 g/mol. The maximum absolute atomic E-state index is 13.4. The van der Waals surface area contributed by atoms with Gasteiger partial charge in [-0.1, -0.05) is 0 Å². The number of pyridine rings is 1. The first-order valence-corrected chi connectivity index (χ1v) is 15.7. The van der Waals surface area contributed by atoms with Crippen molar-refractivity contribution in [3.05, 3.63) is 64.0 Å². The van der Waals surface area contributed by atoms with Gasteiger partial charge in [-0.3, -0.25) is 15.0 Å². The Morgan fingerprint density at radius 2 is 1.90 bits per heavy atom. The summed E-state index contributed by atoms with van der Waals surface area (Å²) in [4.78, 5) is 16.4. The van der Waals surface area contributed by atoms with Gasteiger partial charge in [0.1, 0.15) is 4.90 Å². The molecule has 0 aliphatic carbocycles. The van der Waals surface area contributed by atoms with E-state index in [0.717, 1.165) is 6.07 Å². The van der Waals surface area contributed by atoms with Gasteiger partial charge in [-0.05, 0) is 25.1 Å². The molecule has 2 aromatic heterocycles. The molecule has 0 saturated carbocycles. The van der Waals surface area contributed by atoms with Crippen molar-refractivity contribution in [2.75, 3.05) is 57.5 Å². The molecule has 3 aromatic rings. The van der Waals surface area contributed by atoms with Gasteiger partial charge >= 0.3 is 0 Å². The Morgan fingerprint density at radius 1 is 1.20 bits per heavy atom. The van der Waals surface area contributed by atoms with E-state index in [1.165, 1.54) is 33.4 Å². The summed E-state index contributed by atoms with van der Waals surface area (Å²) in [5, 5.41) is 28.9. The van der Waals surface area contributed by atoms with E-state index in [1.807, 2.05) is 6.07 Å². The van der Waals surface area contributed by atoms with Crippen LogP contribution in [0, 0.1) is 21.4 Å². The molecule has 1 aliphatic rings. The van der Waals surface area contributed by atoms with Crippen molar-refractivity contribution in [3.8, 4) is 6.07 Å². The first-order valence-electron chi connectivity index (χ1n) is 12.4. The number of nitrogens with one attached hydrogen (secondary N) is 1. The normalized spacial score (nSPS) is 15.5. The maximum Gasteiger partial charge on any atom is 0.278 e. The van der Waals surface area contributed by atoms with Crippen LogP contribution in [0.1, 0.15) is 18.1 Å². The fourth-order valence-corrected chi connectivity index (χ4v) is 6.37. The third-order valence-electron chi connectivity index (χ3n) is 6.78. The number of hydrogen-bond donors (Lipinski definition) is 1. The maximum atomic E-state index is 13.4. The third kappa shape index (κ3) is 6.79. The zero-order chi connectivity index (χ0) is 29.9. The van der Waals surface area contributed by atoms with Crippen LogP contribution in [0.5, 0.6) is 0 Å². The van der Waals surface area contributed by atoms with Crippen molar-refractivity contribution in [3.63, 3.8) is 0 Å². The van der Waals surface area contributed by atoms with Gasteiger partial charge in [-0.15, -0.1) is 0 Å². The SMILES string of the molecule is C/C(=N/NS(=O)(=O)c1cc([N+](=O)[O-])ccc1N(C)CCN1CCN(S(C)(=O)=O)CC1)c1cnn2ccc(C#N)cc12. The van der Waals surface area contributed by atoms with Crippen LogP contribution in [0.25, 0.3) is 5.52 Å². The number of hydrazone groups is 1. The van der Waals surface area contributed by atoms with Crippen molar-refractivity contribution in [2.24, 2.45) is 5.10 Å². The van der Waals surface area contributed by atoms with Crippen LogP contribution in [0.4, 0.5) is 11.4 Å². The number of anilines is 1. The van der Waals surface area contributed by atoms with Crippen LogP contribution < -0.4 is 9.73 Å². The van der Waals surface area contributed by atoms with Crippen LogP contribution in [0.15, 0.2) is 52.7 Å². The molecular formula is C24H29N9O6S2. The van der Waals surface area contributed by atoms with Crippen LogP contribution in [0.2, 0.25) is 0 Å². The smallest absolute Gasteiger partial charge is 0.278 e. The highest BCUT2D eigenvalue weighted by molar-refractivity contribution is 7.89. The number of nitro benzene ring substituents is 1. The Bertz CT molecular complexity index is 1760. The molecule has 4 rings (SSSR count). The summed E-state index contributed by atoms with van der Waals surface area (Å²) in [6.07, 6.45) is 4.27. The van der Waals surface area contributed by atoms with E-state index in [9.17, 15) is 32.2 Å². The van der Waals surface area contributed by atoms with Gasteiger partial charge in [0.25, 0.3) is 15.7 Å². The number of sulfonamides is 2. The summed E-state index contributed by atoms with van der Waals surface area (Å²) >= 11 is 0. The van der Waals surface area contributed by atoms with E-state index < -0.39 is 30.7 Å². The number of rotatable bonds is 10. The van der Waals surface area contributed by atoms with Crippen molar-refractivity contribution in [1.29, 1.82) is 5.26 Å². The molecule has 41 heavy (non-hydrogen) atoms. The molecule has 0 unspecified atom stereocenters. The van der Waals surface area contributed by atoms with Gasteiger partial charge in [0, 0.05) is 70.2 Å². The minimum atomic E-state index is -4.36. The first-order chi connectivity index (χ1) is 19.3. The van der Waals surface area contributed by atoms with E-state index >= 15 is 0 Å². The summed E-state index contributed by atoms with van der Waals surface area (Å²) in [5.41, 5.74) is 1.56. The average Bonchev–Trinajstić information content (AvgIpc) is 3.37. The number of aromatic nitrogens is 2. The second-order valence-electron chi connectivity index (χ2n) is 9.54. The number of fused-ring (bicyclic) bond motifs is 1. The number of hydrogen-bond acceptors (Lipinski definition) is 11. The Labute approximate surface area is 237 Å². The fourth-order valence-electron chi connectivity index (χ4n) is 4.41. The lowest BCUT2D eigenvalue weighted by atomic mass is 10.1. The highest BCUT2D eigenvalue weighted by atomic mass is 32.2. The van der Waals surface area contributed by atoms with Crippen LogP contribution in [-0.2, 0) is 20.0 Å². The van der Waals surface area contributed by atoms with Gasteiger partial charge in [0.15, 0.2) is 0 Å². The van der Waals surface area contributed by atoms with Gasteiger partial charge in [-0.25, -0.2) is 12.9 Å². The van der Waals surface area contributed by atoms with E-state index in [0.29, 0.717) is 55.9 Å². The van der Waals surface area contributed by atoms with Crippen molar-refractivity contribution >= 4 is 42.6 Å². The number of benzene rings is 1. The van der Waals surface area contributed by atoms with Crippen LogP contribution in [-0.4, -0.2) is 98.9 Å². The number of non-ortho nitro benzene ring substituents is 1. The van der Waals surface area contributed by atoms with Gasteiger partial charge in [-0.2, -0.15) is 33.0 Å². The second kappa shape index (κ2) is 11.8. The molecule has 1 N–H and O–H groups in total. The molecule has 1 aliphatic heterocycles. The molecule has 1 fully saturated rings. The lowest BCUT2D eigenvalue weighted by molar-refractivity contribution is -0.385. The number of nitriles is 1.